The maximum atomic E-state index is 12.0. The largest absolute Gasteiger partial charge is 0.484 e. The zero-order valence-electron chi connectivity index (χ0n) is 11.7. The third-order valence-corrected chi connectivity index (χ3v) is 2.64. The van der Waals surface area contributed by atoms with E-state index >= 15 is 0 Å². The summed E-state index contributed by atoms with van der Waals surface area (Å²) in [6, 6.07) is 5.65. The van der Waals surface area contributed by atoms with E-state index in [0.29, 0.717) is 5.69 Å². The molecule has 21 heavy (non-hydrogen) atoms. The number of ether oxygens (including phenoxy) is 1. The minimum absolute atomic E-state index is 0. The third-order valence-electron chi connectivity index (χ3n) is 2.64. The van der Waals surface area contributed by atoms with E-state index in [1.54, 1.807) is 13.8 Å². The molecule has 1 aromatic carbocycles. The zero-order valence-corrected chi connectivity index (χ0v) is 12.5. The molecule has 0 heterocycles. The minimum atomic E-state index is -4.38. The van der Waals surface area contributed by atoms with Crippen LogP contribution in [0.15, 0.2) is 24.3 Å². The van der Waals surface area contributed by atoms with Gasteiger partial charge in [0.05, 0.1) is 5.41 Å². The van der Waals surface area contributed by atoms with Gasteiger partial charge in [-0.2, -0.15) is 13.2 Å². The predicted octanol–water partition coefficient (Wildman–Crippen LogP) is 2.97. The number of benzene rings is 1. The normalized spacial score (nSPS) is 11.5. The molecule has 0 spiro atoms. The van der Waals surface area contributed by atoms with E-state index in [0.717, 1.165) is 0 Å². The highest BCUT2D eigenvalue weighted by Gasteiger charge is 2.28. The highest BCUT2D eigenvalue weighted by Crippen LogP contribution is 2.22. The lowest BCUT2D eigenvalue weighted by Crippen LogP contribution is -2.37. The Hall–Kier alpha value is -1.47. The molecule has 1 rings (SSSR count). The van der Waals surface area contributed by atoms with Gasteiger partial charge < -0.3 is 15.8 Å². The summed E-state index contributed by atoms with van der Waals surface area (Å²) >= 11 is 0. The van der Waals surface area contributed by atoms with Gasteiger partial charge in [0.2, 0.25) is 5.91 Å². The van der Waals surface area contributed by atoms with E-state index < -0.39 is 18.2 Å². The van der Waals surface area contributed by atoms with E-state index in [1.807, 2.05) is 0 Å². The summed E-state index contributed by atoms with van der Waals surface area (Å²) in [7, 11) is 0. The van der Waals surface area contributed by atoms with Crippen molar-refractivity contribution in [1.82, 2.24) is 0 Å². The number of rotatable bonds is 5. The van der Waals surface area contributed by atoms with Gasteiger partial charge in [-0.15, -0.1) is 12.4 Å². The molecule has 120 valence electrons. The fraction of sp³-hybridized carbons (Fsp3) is 0.462. The van der Waals surface area contributed by atoms with Crippen LogP contribution in [0.2, 0.25) is 0 Å². The van der Waals surface area contributed by atoms with Crippen LogP contribution in [0.5, 0.6) is 5.75 Å². The van der Waals surface area contributed by atoms with Crippen molar-refractivity contribution in [2.45, 2.75) is 20.0 Å². The van der Waals surface area contributed by atoms with Crippen molar-refractivity contribution in [2.24, 2.45) is 11.1 Å². The average molecular weight is 327 g/mol. The Bertz CT molecular complexity index is 461. The zero-order chi connectivity index (χ0) is 15.4. The van der Waals surface area contributed by atoms with Crippen molar-refractivity contribution < 1.29 is 22.7 Å². The van der Waals surface area contributed by atoms with Crippen molar-refractivity contribution in [2.75, 3.05) is 18.5 Å². The van der Waals surface area contributed by atoms with E-state index in [1.165, 1.54) is 24.3 Å². The Labute approximate surface area is 127 Å². The summed E-state index contributed by atoms with van der Waals surface area (Å²) < 4.78 is 40.5. The number of carbonyl (C=O) groups excluding carboxylic acids is 1. The fourth-order valence-corrected chi connectivity index (χ4v) is 1.19. The molecule has 0 fully saturated rings. The number of nitrogens with one attached hydrogen (secondary N) is 1. The fourth-order valence-electron chi connectivity index (χ4n) is 1.19. The van der Waals surface area contributed by atoms with E-state index in [4.69, 9.17) is 5.73 Å². The topological polar surface area (TPSA) is 64.4 Å². The highest BCUT2D eigenvalue weighted by atomic mass is 35.5. The van der Waals surface area contributed by atoms with E-state index in [9.17, 15) is 18.0 Å². The molecule has 4 nitrogen and oxygen atoms in total. The van der Waals surface area contributed by atoms with Crippen molar-refractivity contribution in [3.8, 4) is 5.75 Å². The molecule has 0 aliphatic heterocycles. The summed E-state index contributed by atoms with van der Waals surface area (Å²) in [6.07, 6.45) is -4.38. The van der Waals surface area contributed by atoms with Crippen molar-refractivity contribution in [3.05, 3.63) is 24.3 Å². The van der Waals surface area contributed by atoms with Crippen LogP contribution in [0.25, 0.3) is 0 Å². The molecule has 0 aliphatic rings. The molecule has 0 radical (unpaired) electrons. The molecule has 0 aromatic heterocycles. The van der Waals surface area contributed by atoms with Crippen LogP contribution in [0, 0.1) is 5.41 Å². The summed E-state index contributed by atoms with van der Waals surface area (Å²) in [5.74, 6) is -0.178. The second-order valence-corrected chi connectivity index (χ2v) is 4.97. The minimum Gasteiger partial charge on any atom is -0.484 e. The molecule has 8 heteroatoms. The molecule has 0 aliphatic carbocycles. The molecule has 0 saturated carbocycles. The molecular formula is C13H18ClF3N2O2. The number of nitrogens with two attached hydrogens (primary N) is 1. The van der Waals surface area contributed by atoms with Crippen LogP contribution in [0.3, 0.4) is 0 Å². The lowest BCUT2D eigenvalue weighted by atomic mass is 9.92. The van der Waals surface area contributed by atoms with Gasteiger partial charge in [0.25, 0.3) is 0 Å². The molecule has 0 saturated heterocycles. The average Bonchev–Trinajstić information content (AvgIpc) is 2.37. The van der Waals surface area contributed by atoms with Gasteiger partial charge in [-0.25, -0.2) is 0 Å². The molecule has 0 bridgehead atoms. The highest BCUT2D eigenvalue weighted by molar-refractivity contribution is 5.95. The number of anilines is 1. The third kappa shape index (κ3) is 6.68. The lowest BCUT2D eigenvalue weighted by Gasteiger charge is -2.21. The monoisotopic (exact) mass is 326 g/mol. The quantitative estimate of drug-likeness (QED) is 0.874. The summed E-state index contributed by atoms with van der Waals surface area (Å²) in [5, 5.41) is 2.64. The van der Waals surface area contributed by atoms with Crippen molar-refractivity contribution in [3.63, 3.8) is 0 Å². The lowest BCUT2D eigenvalue weighted by molar-refractivity contribution is -0.153. The first kappa shape index (κ1) is 19.5. The SMILES string of the molecule is CC(C)(CN)C(=O)Nc1ccc(OCC(F)(F)F)cc1.Cl. The number of amides is 1. The number of carbonyl (C=O) groups is 1. The molecule has 0 unspecified atom stereocenters. The number of alkyl halides is 3. The molecule has 1 amide bonds. The van der Waals surface area contributed by atoms with Crippen molar-refractivity contribution >= 4 is 24.0 Å². The van der Waals surface area contributed by atoms with Gasteiger partial charge in [-0.3, -0.25) is 4.79 Å². The number of halogens is 4. The van der Waals surface area contributed by atoms with Gasteiger partial charge in [-0.1, -0.05) is 0 Å². The molecule has 3 N–H and O–H groups in total. The Morgan fingerprint density at radius 2 is 1.76 bits per heavy atom. The van der Waals surface area contributed by atoms with Gasteiger partial charge in [0.15, 0.2) is 6.61 Å². The summed E-state index contributed by atoms with van der Waals surface area (Å²) in [4.78, 5) is 11.8. The Morgan fingerprint density at radius 3 is 2.19 bits per heavy atom. The first-order valence-electron chi connectivity index (χ1n) is 5.95. The van der Waals surface area contributed by atoms with Crippen LogP contribution < -0.4 is 15.8 Å². The van der Waals surface area contributed by atoms with Crippen LogP contribution in [-0.2, 0) is 4.79 Å². The standard InChI is InChI=1S/C13H17F3N2O2.ClH/c1-12(2,7-17)11(19)18-9-3-5-10(6-4-9)20-8-13(14,15)16;/h3-6H,7-8,17H2,1-2H3,(H,18,19);1H. The Kier molecular flexibility index (Phi) is 6.99. The summed E-state index contributed by atoms with van der Waals surface area (Å²) in [6.45, 7) is 2.23. The predicted molar refractivity (Wildman–Crippen MR) is 76.7 cm³/mol. The number of hydrogen-bond donors (Lipinski definition) is 2. The van der Waals surface area contributed by atoms with Crippen LogP contribution >= 0.6 is 12.4 Å². The van der Waals surface area contributed by atoms with Crippen LogP contribution in [0.1, 0.15) is 13.8 Å². The second kappa shape index (κ2) is 7.51. The van der Waals surface area contributed by atoms with Gasteiger partial charge in [-0.05, 0) is 38.1 Å². The summed E-state index contributed by atoms with van der Waals surface area (Å²) in [5.41, 5.74) is 5.23. The smallest absolute Gasteiger partial charge is 0.422 e. The molecule has 1 aromatic rings. The Balaban J connectivity index is 0.00000400. The first-order valence-corrected chi connectivity index (χ1v) is 5.95. The molecular weight excluding hydrogens is 309 g/mol. The van der Waals surface area contributed by atoms with Crippen molar-refractivity contribution in [1.29, 1.82) is 0 Å². The second-order valence-electron chi connectivity index (χ2n) is 4.97. The van der Waals surface area contributed by atoms with Gasteiger partial charge in [0.1, 0.15) is 5.75 Å². The van der Waals surface area contributed by atoms with Crippen LogP contribution in [0.4, 0.5) is 18.9 Å². The van der Waals surface area contributed by atoms with E-state index in [2.05, 4.69) is 10.1 Å². The maximum absolute atomic E-state index is 12.0. The van der Waals surface area contributed by atoms with Crippen LogP contribution in [-0.4, -0.2) is 25.2 Å². The Morgan fingerprint density at radius 1 is 1.24 bits per heavy atom. The van der Waals surface area contributed by atoms with Gasteiger partial charge >= 0.3 is 6.18 Å². The molecule has 0 atom stereocenters. The first-order chi connectivity index (χ1) is 9.14. The maximum Gasteiger partial charge on any atom is 0.422 e. The number of hydrogen-bond acceptors (Lipinski definition) is 3. The van der Waals surface area contributed by atoms with Gasteiger partial charge in [0, 0.05) is 12.2 Å². The van der Waals surface area contributed by atoms with E-state index in [-0.39, 0.29) is 30.6 Å².